The fourth-order valence-electron chi connectivity index (χ4n) is 4.96. The van der Waals surface area contributed by atoms with Crippen LogP contribution in [0.2, 0.25) is 0 Å². The molecule has 9 nitrogen and oxygen atoms in total. The molecule has 0 radical (unpaired) electrons. The van der Waals surface area contributed by atoms with E-state index in [9.17, 15) is 13.2 Å². The van der Waals surface area contributed by atoms with Gasteiger partial charge in [-0.1, -0.05) is 6.07 Å². The molecule has 10 heteroatoms. The molecule has 1 atom stereocenters. The Morgan fingerprint density at radius 1 is 1.12 bits per heavy atom. The van der Waals surface area contributed by atoms with Crippen LogP contribution in [-0.2, 0) is 16.3 Å². The van der Waals surface area contributed by atoms with Gasteiger partial charge >= 0.3 is 6.03 Å². The van der Waals surface area contributed by atoms with Crippen molar-refractivity contribution in [3.8, 4) is 0 Å². The topological polar surface area (TPSA) is 132 Å². The summed E-state index contributed by atoms with van der Waals surface area (Å²) in [6.45, 7) is 2.16. The largest absolute Gasteiger partial charge is 0.365 e. The van der Waals surface area contributed by atoms with Gasteiger partial charge in [-0.25, -0.2) is 13.2 Å². The van der Waals surface area contributed by atoms with E-state index >= 15 is 0 Å². The number of fused-ring (bicyclic) bond motifs is 2. The lowest BCUT2D eigenvalue weighted by atomic mass is 10.1. The minimum Gasteiger partial charge on any atom is -0.365 e. The van der Waals surface area contributed by atoms with Crippen LogP contribution in [0.4, 0.5) is 10.5 Å². The number of aryl methyl sites for hydroxylation is 1. The minimum atomic E-state index is -3.14. The normalized spacial score (nSPS) is 21.1. The van der Waals surface area contributed by atoms with Crippen molar-refractivity contribution in [2.45, 2.75) is 43.5 Å². The van der Waals surface area contributed by atoms with Gasteiger partial charge < -0.3 is 26.7 Å². The number of nitrogens with one attached hydrogen (secondary N) is 4. The number of nitrogens with zero attached hydrogens (tertiary/aromatic N) is 1. The van der Waals surface area contributed by atoms with Crippen molar-refractivity contribution in [2.75, 3.05) is 30.3 Å². The van der Waals surface area contributed by atoms with E-state index < -0.39 is 9.84 Å². The Kier molecular flexibility index (Phi) is 6.37. The molecule has 0 bridgehead atoms. The molecule has 3 aliphatic heterocycles. The number of H-pyrrole nitrogens is 1. The first-order valence-electron chi connectivity index (χ1n) is 12.0. The van der Waals surface area contributed by atoms with Gasteiger partial charge in [-0.05, 0) is 69.1 Å². The molecular formula is C24H32N6O3S. The van der Waals surface area contributed by atoms with Crippen LogP contribution in [0.1, 0.15) is 31.2 Å². The van der Waals surface area contributed by atoms with Gasteiger partial charge in [0.15, 0.2) is 9.84 Å². The summed E-state index contributed by atoms with van der Waals surface area (Å²) in [6.07, 6.45) is 9.05. The number of amides is 2. The third kappa shape index (κ3) is 4.57. The Morgan fingerprint density at radius 3 is 2.74 bits per heavy atom. The van der Waals surface area contributed by atoms with Crippen LogP contribution in [0.15, 0.2) is 47.9 Å². The zero-order valence-corrected chi connectivity index (χ0v) is 20.0. The number of sulfone groups is 1. The Hall–Kier alpha value is -2.82. The molecule has 4 heterocycles. The van der Waals surface area contributed by atoms with Crippen LogP contribution >= 0.6 is 0 Å². The van der Waals surface area contributed by atoms with Gasteiger partial charge in [0.1, 0.15) is 6.17 Å². The molecule has 0 spiro atoms. The molecule has 3 aliphatic rings. The quantitative estimate of drug-likeness (QED) is 0.388. The maximum Gasteiger partial charge on any atom is 0.327 e. The van der Waals surface area contributed by atoms with E-state index in [-0.39, 0.29) is 23.2 Å². The first kappa shape index (κ1) is 22.9. The van der Waals surface area contributed by atoms with E-state index in [1.165, 1.54) is 5.56 Å². The highest BCUT2D eigenvalue weighted by Gasteiger charge is 2.32. The summed E-state index contributed by atoms with van der Waals surface area (Å²) in [4.78, 5) is 17.7. The average molecular weight is 485 g/mol. The molecule has 1 fully saturated rings. The highest BCUT2D eigenvalue weighted by molar-refractivity contribution is 7.92. The second kappa shape index (κ2) is 9.44. The second-order valence-electron chi connectivity index (χ2n) is 9.20. The molecule has 2 aromatic rings. The summed E-state index contributed by atoms with van der Waals surface area (Å²) in [5, 5.41) is 10.3. The van der Waals surface area contributed by atoms with Crippen LogP contribution in [0.5, 0.6) is 0 Å². The number of urea groups is 1. The molecule has 0 aliphatic carbocycles. The summed E-state index contributed by atoms with van der Waals surface area (Å²) in [5.41, 5.74) is 10.3. The number of aromatic nitrogens is 1. The molecule has 1 aromatic carbocycles. The number of carbonyl (C=O) groups is 1. The summed E-state index contributed by atoms with van der Waals surface area (Å²) in [7, 11) is -3.14. The molecule has 1 unspecified atom stereocenters. The fourth-order valence-corrected chi connectivity index (χ4v) is 6.75. The number of hydrogen-bond acceptors (Lipinski definition) is 6. The van der Waals surface area contributed by atoms with Crippen molar-refractivity contribution in [3.63, 3.8) is 0 Å². The van der Waals surface area contributed by atoms with Crippen molar-refractivity contribution in [3.05, 3.63) is 53.5 Å². The van der Waals surface area contributed by atoms with Gasteiger partial charge in [0.05, 0.1) is 16.7 Å². The lowest BCUT2D eigenvalue weighted by molar-refractivity contribution is 0.243. The van der Waals surface area contributed by atoms with Gasteiger partial charge in [-0.2, -0.15) is 0 Å². The predicted octanol–water partition coefficient (Wildman–Crippen LogP) is 1.84. The minimum absolute atomic E-state index is 0.115. The van der Waals surface area contributed by atoms with E-state index in [2.05, 4.69) is 20.9 Å². The molecule has 5 rings (SSSR count). The lowest BCUT2D eigenvalue weighted by Gasteiger charge is -2.29. The summed E-state index contributed by atoms with van der Waals surface area (Å²) in [6, 6.07) is 5.71. The standard InChI is InChI=1S/C24H32N6O3S/c25-8-1-2-16-14-27-22-13-19(3-4-21(16)22)30-15-17-12-18(28-23(17)29-24(30)31)7-11-34(32,33)20-5-9-26-10-6-20/h3-4,12-15,20,23,26-28H,1-2,5-11,25H2,(H,29,31). The number of piperidine rings is 1. The lowest BCUT2D eigenvalue weighted by Crippen LogP contribution is -2.51. The third-order valence-electron chi connectivity index (χ3n) is 6.90. The van der Waals surface area contributed by atoms with Gasteiger partial charge in [0, 0.05) is 41.0 Å². The van der Waals surface area contributed by atoms with E-state index in [4.69, 9.17) is 5.73 Å². The number of nitrogens with two attached hydrogens (primary N) is 1. The molecule has 0 saturated carbocycles. The number of allylic oxidation sites excluding steroid dienone is 1. The molecule has 1 aromatic heterocycles. The average Bonchev–Trinajstić information content (AvgIpc) is 3.44. The monoisotopic (exact) mass is 484 g/mol. The van der Waals surface area contributed by atoms with E-state index in [0.29, 0.717) is 25.8 Å². The highest BCUT2D eigenvalue weighted by atomic mass is 32.2. The van der Waals surface area contributed by atoms with E-state index in [1.54, 1.807) is 4.90 Å². The molecule has 182 valence electrons. The van der Waals surface area contributed by atoms with Crippen LogP contribution in [0.3, 0.4) is 0 Å². The fraction of sp³-hybridized carbons (Fsp3) is 0.458. The number of rotatable bonds is 8. The number of hydrogen-bond donors (Lipinski definition) is 5. The van der Waals surface area contributed by atoms with Crippen molar-refractivity contribution in [1.29, 1.82) is 0 Å². The van der Waals surface area contributed by atoms with Crippen molar-refractivity contribution in [1.82, 2.24) is 20.9 Å². The van der Waals surface area contributed by atoms with Crippen molar-refractivity contribution < 1.29 is 13.2 Å². The number of carbonyl (C=O) groups excluding carboxylic acids is 1. The molecule has 1 saturated heterocycles. The molecule has 2 amide bonds. The number of aromatic amines is 1. The number of benzene rings is 1. The molecule has 6 N–H and O–H groups in total. The van der Waals surface area contributed by atoms with Gasteiger partial charge in [-0.3, -0.25) is 4.90 Å². The third-order valence-corrected chi connectivity index (χ3v) is 9.16. The SMILES string of the molecule is NCCCc1c[nH]c2cc(N3C=C4C=C(CCS(=O)(=O)C5CCNCC5)NC4NC3=O)ccc12. The predicted molar refractivity (Wildman–Crippen MR) is 134 cm³/mol. The first-order valence-corrected chi connectivity index (χ1v) is 13.7. The highest BCUT2D eigenvalue weighted by Crippen LogP contribution is 2.29. The van der Waals surface area contributed by atoms with E-state index in [0.717, 1.165) is 53.8 Å². The Balaban J connectivity index is 1.30. The second-order valence-corrected chi connectivity index (χ2v) is 11.6. The Bertz CT molecular complexity index is 1240. The Labute approximate surface area is 199 Å². The zero-order valence-electron chi connectivity index (χ0n) is 19.1. The van der Waals surface area contributed by atoms with Crippen LogP contribution < -0.4 is 26.6 Å². The van der Waals surface area contributed by atoms with Crippen LogP contribution in [0.25, 0.3) is 10.9 Å². The maximum atomic E-state index is 12.8. The molecule has 34 heavy (non-hydrogen) atoms. The van der Waals surface area contributed by atoms with Crippen LogP contribution in [0, 0.1) is 0 Å². The van der Waals surface area contributed by atoms with Gasteiger partial charge in [-0.15, -0.1) is 0 Å². The Morgan fingerprint density at radius 2 is 1.94 bits per heavy atom. The summed E-state index contributed by atoms with van der Waals surface area (Å²) in [5.74, 6) is 0.115. The molecular weight excluding hydrogens is 452 g/mol. The number of anilines is 1. The van der Waals surface area contributed by atoms with Gasteiger partial charge in [0.2, 0.25) is 0 Å². The van der Waals surface area contributed by atoms with Gasteiger partial charge in [0.25, 0.3) is 0 Å². The smallest absolute Gasteiger partial charge is 0.327 e. The van der Waals surface area contributed by atoms with Crippen molar-refractivity contribution >= 4 is 32.5 Å². The maximum absolute atomic E-state index is 12.8. The van der Waals surface area contributed by atoms with E-state index in [1.807, 2.05) is 36.7 Å². The first-order chi connectivity index (χ1) is 16.4. The summed E-state index contributed by atoms with van der Waals surface area (Å²) < 4.78 is 25.5. The zero-order chi connectivity index (χ0) is 23.7. The van der Waals surface area contributed by atoms with Crippen molar-refractivity contribution in [2.24, 2.45) is 5.73 Å². The summed E-state index contributed by atoms with van der Waals surface area (Å²) >= 11 is 0. The van der Waals surface area contributed by atoms with Crippen LogP contribution in [-0.4, -0.2) is 56.2 Å².